The molecule has 1 saturated heterocycles. The minimum absolute atomic E-state index is 0. The van der Waals surface area contributed by atoms with E-state index in [0.29, 0.717) is 16.5 Å². The highest BCUT2D eigenvalue weighted by Gasteiger charge is 2.27. The Morgan fingerprint density at radius 1 is 1.47 bits per heavy atom. The number of halogens is 2. The number of rotatable bonds is 1. The van der Waals surface area contributed by atoms with Crippen LogP contribution in [0, 0.1) is 12.8 Å². The number of carbonyl (C=O) groups excluding carboxylic acids is 1. The monoisotopic (exact) mass is 302 g/mol. The first kappa shape index (κ1) is 16.3. The van der Waals surface area contributed by atoms with Crippen LogP contribution in [-0.4, -0.2) is 29.9 Å². The zero-order valence-electron chi connectivity index (χ0n) is 11.2. The Balaban J connectivity index is 0.00000180. The van der Waals surface area contributed by atoms with E-state index < -0.39 is 0 Å². The molecule has 0 saturated carbocycles. The normalized spacial score (nSPS) is 22.8. The van der Waals surface area contributed by atoms with Crippen LogP contribution in [0.15, 0.2) is 18.2 Å². The van der Waals surface area contributed by atoms with Gasteiger partial charge in [-0.15, -0.1) is 12.4 Å². The molecule has 2 unspecified atom stereocenters. The van der Waals surface area contributed by atoms with E-state index in [4.69, 9.17) is 17.3 Å². The molecule has 19 heavy (non-hydrogen) atoms. The van der Waals surface area contributed by atoms with Gasteiger partial charge in [-0.2, -0.15) is 0 Å². The molecule has 2 N–H and O–H groups in total. The Morgan fingerprint density at radius 2 is 2.16 bits per heavy atom. The molecular weight excluding hydrogens is 283 g/mol. The topological polar surface area (TPSA) is 46.3 Å². The molecule has 0 aromatic heterocycles. The molecule has 1 amide bonds. The van der Waals surface area contributed by atoms with Gasteiger partial charge in [-0.3, -0.25) is 4.79 Å². The van der Waals surface area contributed by atoms with Gasteiger partial charge in [0.2, 0.25) is 0 Å². The second-order valence-corrected chi connectivity index (χ2v) is 5.50. The fourth-order valence-electron chi connectivity index (χ4n) is 2.36. The maximum absolute atomic E-state index is 12.5. The number of piperidine rings is 1. The SMILES string of the molecule is Cc1c(Cl)cccc1C(=O)N1CCC(N)C(C)C1.Cl. The number of nitrogens with zero attached hydrogens (tertiary/aromatic N) is 1. The van der Waals surface area contributed by atoms with E-state index in [1.165, 1.54) is 0 Å². The quantitative estimate of drug-likeness (QED) is 0.867. The molecule has 2 rings (SSSR count). The van der Waals surface area contributed by atoms with Gasteiger partial charge in [0.25, 0.3) is 5.91 Å². The second kappa shape index (κ2) is 6.60. The van der Waals surface area contributed by atoms with Gasteiger partial charge in [-0.25, -0.2) is 0 Å². The molecule has 1 aliphatic rings. The van der Waals surface area contributed by atoms with Crippen molar-refractivity contribution in [1.82, 2.24) is 4.90 Å². The number of carbonyl (C=O) groups is 1. The number of likely N-dealkylation sites (tertiary alicyclic amines) is 1. The maximum atomic E-state index is 12.5. The third-order valence-electron chi connectivity index (χ3n) is 3.76. The summed E-state index contributed by atoms with van der Waals surface area (Å²) >= 11 is 6.06. The lowest BCUT2D eigenvalue weighted by Gasteiger charge is -2.35. The molecule has 1 fully saturated rings. The van der Waals surface area contributed by atoms with E-state index in [0.717, 1.165) is 25.1 Å². The molecule has 0 spiro atoms. The molecule has 2 atom stereocenters. The first-order valence-corrected chi connectivity index (χ1v) is 6.68. The van der Waals surface area contributed by atoms with Crippen molar-refractivity contribution in [3.05, 3.63) is 34.3 Å². The van der Waals surface area contributed by atoms with Crippen molar-refractivity contribution in [3.8, 4) is 0 Å². The zero-order valence-corrected chi connectivity index (χ0v) is 12.8. The smallest absolute Gasteiger partial charge is 0.254 e. The molecular formula is C14H20Cl2N2O. The summed E-state index contributed by atoms with van der Waals surface area (Å²) in [5.74, 6) is 0.413. The summed E-state index contributed by atoms with van der Waals surface area (Å²) in [7, 11) is 0. The van der Waals surface area contributed by atoms with Crippen molar-refractivity contribution in [2.75, 3.05) is 13.1 Å². The minimum Gasteiger partial charge on any atom is -0.338 e. The predicted octanol–water partition coefficient (Wildman–Crippen LogP) is 2.88. The van der Waals surface area contributed by atoms with E-state index in [1.807, 2.05) is 30.0 Å². The summed E-state index contributed by atoms with van der Waals surface area (Å²) in [5.41, 5.74) is 7.53. The van der Waals surface area contributed by atoms with E-state index in [-0.39, 0.29) is 24.4 Å². The summed E-state index contributed by atoms with van der Waals surface area (Å²) < 4.78 is 0. The highest BCUT2D eigenvalue weighted by molar-refractivity contribution is 6.31. The van der Waals surface area contributed by atoms with E-state index in [9.17, 15) is 4.79 Å². The number of amides is 1. The fourth-order valence-corrected chi connectivity index (χ4v) is 2.53. The molecule has 0 radical (unpaired) electrons. The van der Waals surface area contributed by atoms with Gasteiger partial charge in [0.05, 0.1) is 0 Å². The van der Waals surface area contributed by atoms with Crippen LogP contribution in [0.1, 0.15) is 29.3 Å². The van der Waals surface area contributed by atoms with Crippen molar-refractivity contribution in [2.24, 2.45) is 11.7 Å². The molecule has 3 nitrogen and oxygen atoms in total. The van der Waals surface area contributed by atoms with Crippen LogP contribution in [0.5, 0.6) is 0 Å². The van der Waals surface area contributed by atoms with Crippen LogP contribution in [0.3, 0.4) is 0 Å². The Kier molecular flexibility index (Phi) is 5.65. The zero-order chi connectivity index (χ0) is 13.3. The van der Waals surface area contributed by atoms with Gasteiger partial charge < -0.3 is 10.6 Å². The van der Waals surface area contributed by atoms with Gasteiger partial charge in [0, 0.05) is 29.7 Å². The number of hydrogen-bond donors (Lipinski definition) is 1. The summed E-state index contributed by atoms with van der Waals surface area (Å²) in [5, 5.41) is 0.641. The van der Waals surface area contributed by atoms with Crippen molar-refractivity contribution >= 4 is 29.9 Å². The average Bonchev–Trinajstić information content (AvgIpc) is 2.35. The van der Waals surface area contributed by atoms with Gasteiger partial charge in [-0.05, 0) is 37.0 Å². The molecule has 1 aromatic rings. The lowest BCUT2D eigenvalue weighted by atomic mass is 9.94. The van der Waals surface area contributed by atoms with Gasteiger partial charge in [0.15, 0.2) is 0 Å². The van der Waals surface area contributed by atoms with E-state index >= 15 is 0 Å². The van der Waals surface area contributed by atoms with Crippen LogP contribution in [-0.2, 0) is 0 Å². The molecule has 1 aliphatic heterocycles. The number of benzene rings is 1. The Morgan fingerprint density at radius 3 is 2.79 bits per heavy atom. The molecule has 0 aliphatic carbocycles. The summed E-state index contributed by atoms with van der Waals surface area (Å²) in [6, 6.07) is 5.67. The van der Waals surface area contributed by atoms with E-state index in [1.54, 1.807) is 0 Å². The third kappa shape index (κ3) is 3.41. The Bertz CT molecular complexity index is 465. The second-order valence-electron chi connectivity index (χ2n) is 5.09. The highest BCUT2D eigenvalue weighted by Crippen LogP contribution is 2.22. The molecule has 0 bridgehead atoms. The molecule has 106 valence electrons. The summed E-state index contributed by atoms with van der Waals surface area (Å²) in [6.45, 7) is 5.44. The van der Waals surface area contributed by atoms with E-state index in [2.05, 4.69) is 6.92 Å². The maximum Gasteiger partial charge on any atom is 0.254 e. The molecule has 1 aromatic carbocycles. The highest BCUT2D eigenvalue weighted by atomic mass is 35.5. The van der Waals surface area contributed by atoms with Crippen molar-refractivity contribution in [3.63, 3.8) is 0 Å². The Hall–Kier alpha value is -0.770. The number of nitrogens with two attached hydrogens (primary N) is 1. The number of hydrogen-bond acceptors (Lipinski definition) is 2. The Labute approximate surface area is 125 Å². The first-order valence-electron chi connectivity index (χ1n) is 6.30. The largest absolute Gasteiger partial charge is 0.338 e. The summed E-state index contributed by atoms with van der Waals surface area (Å²) in [6.07, 6.45) is 0.868. The lowest BCUT2D eigenvalue weighted by molar-refractivity contribution is 0.0663. The van der Waals surface area contributed by atoms with Gasteiger partial charge >= 0.3 is 0 Å². The van der Waals surface area contributed by atoms with Crippen LogP contribution in [0.2, 0.25) is 5.02 Å². The van der Waals surface area contributed by atoms with Gasteiger partial charge in [0.1, 0.15) is 0 Å². The van der Waals surface area contributed by atoms with Crippen LogP contribution in [0.25, 0.3) is 0 Å². The van der Waals surface area contributed by atoms with Crippen molar-refractivity contribution in [2.45, 2.75) is 26.3 Å². The van der Waals surface area contributed by atoms with Crippen LogP contribution < -0.4 is 5.73 Å². The van der Waals surface area contributed by atoms with Gasteiger partial charge in [-0.1, -0.05) is 24.6 Å². The minimum atomic E-state index is 0. The summed E-state index contributed by atoms with van der Waals surface area (Å²) in [4.78, 5) is 14.3. The van der Waals surface area contributed by atoms with Crippen molar-refractivity contribution < 1.29 is 4.79 Å². The standard InChI is InChI=1S/C14H19ClN2O.ClH/c1-9-8-17(7-6-13(9)16)14(18)11-4-3-5-12(15)10(11)2;/h3-5,9,13H,6-8,16H2,1-2H3;1H. The fraction of sp³-hybridized carbons (Fsp3) is 0.500. The van der Waals surface area contributed by atoms with Crippen LogP contribution >= 0.6 is 24.0 Å². The predicted molar refractivity (Wildman–Crippen MR) is 81.1 cm³/mol. The molecule has 5 heteroatoms. The molecule has 1 heterocycles. The average molecular weight is 303 g/mol. The van der Waals surface area contributed by atoms with Crippen LogP contribution in [0.4, 0.5) is 0 Å². The van der Waals surface area contributed by atoms with Crippen molar-refractivity contribution in [1.29, 1.82) is 0 Å². The lowest BCUT2D eigenvalue weighted by Crippen LogP contribution is -2.48. The third-order valence-corrected chi connectivity index (χ3v) is 4.17. The first-order chi connectivity index (χ1) is 8.50.